The van der Waals surface area contributed by atoms with Crippen molar-refractivity contribution in [2.24, 2.45) is 5.92 Å². The lowest BCUT2D eigenvalue weighted by atomic mass is 9.90. The predicted molar refractivity (Wildman–Crippen MR) is 67.7 cm³/mol. The molecule has 3 atom stereocenters. The second-order valence-electron chi connectivity index (χ2n) is 5.30. The Morgan fingerprint density at radius 1 is 1.50 bits per heavy atom. The molecule has 0 aromatic carbocycles. The monoisotopic (exact) mass is 246 g/mol. The van der Waals surface area contributed by atoms with Gasteiger partial charge in [0.05, 0.1) is 6.04 Å². The summed E-state index contributed by atoms with van der Waals surface area (Å²) in [6.45, 7) is 9.00. The molecule has 94 valence electrons. The van der Waals surface area contributed by atoms with Gasteiger partial charge in [-0.1, -0.05) is 6.92 Å². The summed E-state index contributed by atoms with van der Waals surface area (Å²) in [6.07, 6.45) is 2.03. The van der Waals surface area contributed by atoms with Crippen molar-refractivity contribution in [3.8, 4) is 0 Å². The molecule has 2 N–H and O–H groups in total. The molecule has 1 amide bonds. The standard InChI is InChI=1S/C12H23ClN2O/c1-8(12(3,4)13)9(2)15-11(16)10-6-5-7-14-10/h8-10,14H,5-7H2,1-4H3,(H,15,16). The average Bonchev–Trinajstić information content (AvgIpc) is 2.67. The van der Waals surface area contributed by atoms with Crippen LogP contribution in [0.25, 0.3) is 0 Å². The summed E-state index contributed by atoms with van der Waals surface area (Å²) in [5.74, 6) is 0.345. The zero-order valence-electron chi connectivity index (χ0n) is 10.6. The van der Waals surface area contributed by atoms with E-state index in [9.17, 15) is 4.79 Å². The minimum Gasteiger partial charge on any atom is -0.352 e. The molecule has 0 saturated carbocycles. The number of alkyl halides is 1. The molecule has 1 fully saturated rings. The Bertz CT molecular complexity index is 244. The van der Waals surface area contributed by atoms with E-state index in [0.29, 0.717) is 0 Å². The number of nitrogens with one attached hydrogen (secondary N) is 2. The molecule has 0 aromatic heterocycles. The molecule has 0 bridgehead atoms. The molecule has 3 nitrogen and oxygen atoms in total. The van der Waals surface area contributed by atoms with Crippen LogP contribution in [0.1, 0.15) is 40.5 Å². The zero-order chi connectivity index (χ0) is 12.3. The van der Waals surface area contributed by atoms with Crippen molar-refractivity contribution in [2.75, 3.05) is 6.54 Å². The van der Waals surface area contributed by atoms with E-state index in [0.717, 1.165) is 19.4 Å². The maximum atomic E-state index is 11.9. The van der Waals surface area contributed by atoms with E-state index >= 15 is 0 Å². The quantitative estimate of drug-likeness (QED) is 0.744. The molecule has 1 rings (SSSR count). The first-order valence-electron chi connectivity index (χ1n) is 6.05. The lowest BCUT2D eigenvalue weighted by Gasteiger charge is -2.31. The third-order valence-electron chi connectivity index (χ3n) is 3.58. The van der Waals surface area contributed by atoms with Gasteiger partial charge in [0.2, 0.25) is 5.91 Å². The molecule has 16 heavy (non-hydrogen) atoms. The largest absolute Gasteiger partial charge is 0.352 e. The molecule has 3 unspecified atom stereocenters. The number of carbonyl (C=O) groups excluding carboxylic acids is 1. The first kappa shape index (κ1) is 13.8. The smallest absolute Gasteiger partial charge is 0.237 e. The number of carbonyl (C=O) groups is 1. The Morgan fingerprint density at radius 3 is 2.56 bits per heavy atom. The highest BCUT2D eigenvalue weighted by Gasteiger charge is 2.30. The van der Waals surface area contributed by atoms with Crippen molar-refractivity contribution in [1.82, 2.24) is 10.6 Å². The number of halogens is 1. The van der Waals surface area contributed by atoms with E-state index in [4.69, 9.17) is 11.6 Å². The van der Waals surface area contributed by atoms with Gasteiger partial charge < -0.3 is 10.6 Å². The Labute approximate surface area is 103 Å². The van der Waals surface area contributed by atoms with Crippen LogP contribution >= 0.6 is 11.6 Å². The first-order valence-corrected chi connectivity index (χ1v) is 6.43. The molecule has 0 radical (unpaired) electrons. The van der Waals surface area contributed by atoms with Crippen LogP contribution in [0, 0.1) is 5.92 Å². The van der Waals surface area contributed by atoms with Crippen molar-refractivity contribution in [3.63, 3.8) is 0 Å². The summed E-state index contributed by atoms with van der Waals surface area (Å²) in [6, 6.07) is 0.0930. The maximum absolute atomic E-state index is 11.9. The van der Waals surface area contributed by atoms with E-state index in [1.54, 1.807) is 0 Å². The molecule has 0 spiro atoms. The minimum atomic E-state index is -0.296. The van der Waals surface area contributed by atoms with Crippen LogP contribution in [0.3, 0.4) is 0 Å². The van der Waals surface area contributed by atoms with Crippen molar-refractivity contribution in [3.05, 3.63) is 0 Å². The normalized spacial score (nSPS) is 25.2. The Kier molecular flexibility index (Phi) is 4.62. The molecule has 0 aliphatic carbocycles. The second-order valence-corrected chi connectivity index (χ2v) is 6.27. The molecule has 1 aliphatic rings. The fourth-order valence-corrected chi connectivity index (χ4v) is 2.14. The Balaban J connectivity index is 2.44. The summed E-state index contributed by atoms with van der Waals surface area (Å²) < 4.78 is 0. The molecule has 4 heteroatoms. The van der Waals surface area contributed by atoms with Gasteiger partial charge in [0.15, 0.2) is 0 Å². The first-order chi connectivity index (χ1) is 7.32. The lowest BCUT2D eigenvalue weighted by molar-refractivity contribution is -0.123. The number of rotatable bonds is 4. The highest BCUT2D eigenvalue weighted by atomic mass is 35.5. The topological polar surface area (TPSA) is 41.1 Å². The molecule has 1 aliphatic heterocycles. The summed E-state index contributed by atoms with van der Waals surface area (Å²) in [5, 5.41) is 6.24. The Hall–Kier alpha value is -0.280. The Morgan fingerprint density at radius 2 is 2.12 bits per heavy atom. The van der Waals surface area contributed by atoms with Gasteiger partial charge in [-0.25, -0.2) is 0 Å². The third kappa shape index (κ3) is 3.63. The van der Waals surface area contributed by atoms with Crippen molar-refractivity contribution >= 4 is 17.5 Å². The molecule has 1 saturated heterocycles. The van der Waals surface area contributed by atoms with Crippen molar-refractivity contribution in [2.45, 2.75) is 57.5 Å². The highest BCUT2D eigenvalue weighted by Crippen LogP contribution is 2.26. The van der Waals surface area contributed by atoms with Crippen LogP contribution in [0.5, 0.6) is 0 Å². The van der Waals surface area contributed by atoms with Crippen LogP contribution in [0.4, 0.5) is 0 Å². The highest BCUT2D eigenvalue weighted by molar-refractivity contribution is 6.23. The van der Waals surface area contributed by atoms with Gasteiger partial charge in [-0.15, -0.1) is 11.6 Å². The van der Waals surface area contributed by atoms with Crippen LogP contribution < -0.4 is 10.6 Å². The number of amides is 1. The van der Waals surface area contributed by atoms with Gasteiger partial charge in [0.25, 0.3) is 0 Å². The number of hydrogen-bond donors (Lipinski definition) is 2. The second kappa shape index (κ2) is 5.37. The van der Waals surface area contributed by atoms with E-state index in [-0.39, 0.29) is 28.8 Å². The van der Waals surface area contributed by atoms with Gasteiger partial charge in [0, 0.05) is 10.9 Å². The van der Waals surface area contributed by atoms with Gasteiger partial charge in [-0.05, 0) is 46.1 Å². The van der Waals surface area contributed by atoms with Crippen molar-refractivity contribution in [1.29, 1.82) is 0 Å². The number of hydrogen-bond acceptors (Lipinski definition) is 2. The van der Waals surface area contributed by atoms with E-state index in [2.05, 4.69) is 17.6 Å². The summed E-state index contributed by atoms with van der Waals surface area (Å²) in [7, 11) is 0. The average molecular weight is 247 g/mol. The van der Waals surface area contributed by atoms with E-state index in [1.807, 2.05) is 20.8 Å². The van der Waals surface area contributed by atoms with Gasteiger partial charge in [-0.3, -0.25) is 4.79 Å². The van der Waals surface area contributed by atoms with Crippen LogP contribution in [-0.2, 0) is 4.79 Å². The lowest BCUT2D eigenvalue weighted by Crippen LogP contribution is -2.49. The maximum Gasteiger partial charge on any atom is 0.237 e. The van der Waals surface area contributed by atoms with E-state index in [1.165, 1.54) is 0 Å². The summed E-state index contributed by atoms with van der Waals surface area (Å²) in [4.78, 5) is 11.6. The van der Waals surface area contributed by atoms with Crippen LogP contribution in [0.2, 0.25) is 0 Å². The fourth-order valence-electron chi connectivity index (χ4n) is 1.95. The fraction of sp³-hybridized carbons (Fsp3) is 0.917. The summed E-state index contributed by atoms with van der Waals surface area (Å²) >= 11 is 6.25. The molecular formula is C12H23ClN2O. The van der Waals surface area contributed by atoms with Gasteiger partial charge in [0.1, 0.15) is 0 Å². The van der Waals surface area contributed by atoms with Gasteiger partial charge in [-0.2, -0.15) is 0 Å². The van der Waals surface area contributed by atoms with E-state index < -0.39 is 0 Å². The molecular weight excluding hydrogens is 224 g/mol. The zero-order valence-corrected chi connectivity index (χ0v) is 11.4. The van der Waals surface area contributed by atoms with Crippen molar-refractivity contribution < 1.29 is 4.79 Å². The van der Waals surface area contributed by atoms with Gasteiger partial charge >= 0.3 is 0 Å². The van der Waals surface area contributed by atoms with Crippen LogP contribution in [-0.4, -0.2) is 29.4 Å². The SMILES string of the molecule is CC(NC(=O)C1CCCN1)C(C)C(C)(C)Cl. The minimum absolute atomic E-state index is 0.00640. The summed E-state index contributed by atoms with van der Waals surface area (Å²) in [5.41, 5.74) is 0. The predicted octanol–water partition coefficient (Wildman–Crippen LogP) is 1.90. The molecule has 1 heterocycles. The third-order valence-corrected chi connectivity index (χ3v) is 3.92. The van der Waals surface area contributed by atoms with Crippen LogP contribution in [0.15, 0.2) is 0 Å². The molecule has 0 aromatic rings.